The number of benzene rings is 2. The molecule has 2 aromatic carbocycles. The Labute approximate surface area is 143 Å². The molecule has 0 aromatic heterocycles. The molecule has 0 saturated heterocycles. The minimum Gasteiger partial charge on any atom is -0.269 e. The molecule has 0 aliphatic rings. The maximum atomic E-state index is 12.1. The Balaban J connectivity index is 2.08. The van der Waals surface area contributed by atoms with Crippen LogP contribution in [0.3, 0.4) is 0 Å². The second-order valence-corrected chi connectivity index (χ2v) is 7.30. The van der Waals surface area contributed by atoms with Crippen LogP contribution in [0, 0.1) is 0 Å². The molecule has 0 heterocycles. The first-order chi connectivity index (χ1) is 10.9. The van der Waals surface area contributed by atoms with Crippen LogP contribution in [0.5, 0.6) is 0 Å². The third-order valence-corrected chi connectivity index (χ3v) is 5.11. The normalized spacial score (nSPS) is 11.2. The number of rotatable bonds is 6. The smallest absolute Gasteiger partial charge is 0.269 e. The summed E-state index contributed by atoms with van der Waals surface area (Å²) < 4.78 is 26.3. The molecule has 122 valence electrons. The van der Waals surface area contributed by atoms with E-state index < -0.39 is 15.9 Å². The lowest BCUT2D eigenvalue weighted by Crippen LogP contribution is -2.25. The van der Waals surface area contributed by atoms with Gasteiger partial charge < -0.3 is 0 Å². The highest BCUT2D eigenvalue weighted by atomic mass is 79.9. The van der Waals surface area contributed by atoms with Gasteiger partial charge in [-0.05, 0) is 46.7 Å². The lowest BCUT2D eigenvalue weighted by molar-refractivity contribution is 0.0232. The minimum absolute atomic E-state index is 0.00332. The van der Waals surface area contributed by atoms with Gasteiger partial charge in [0, 0.05) is 4.47 Å². The predicted octanol–water partition coefficient (Wildman–Crippen LogP) is 2.22. The molecular formula is C15H15BrN2O4S. The van der Waals surface area contributed by atoms with Crippen LogP contribution in [-0.2, 0) is 21.5 Å². The summed E-state index contributed by atoms with van der Waals surface area (Å²) in [5.41, 5.74) is 3.36. The number of sulfonamides is 1. The minimum atomic E-state index is -3.63. The number of carbonyl (C=O) groups excluding carboxylic acids is 1. The summed E-state index contributed by atoms with van der Waals surface area (Å²) in [4.78, 5) is 17.3. The van der Waals surface area contributed by atoms with E-state index in [4.69, 9.17) is 4.84 Å². The van der Waals surface area contributed by atoms with Crippen molar-refractivity contribution >= 4 is 31.9 Å². The van der Waals surface area contributed by atoms with Crippen molar-refractivity contribution in [1.82, 2.24) is 10.2 Å². The molecular weight excluding hydrogens is 384 g/mol. The molecule has 0 aliphatic carbocycles. The second kappa shape index (κ2) is 7.69. The first-order valence-electron chi connectivity index (χ1n) is 6.63. The van der Waals surface area contributed by atoms with E-state index >= 15 is 0 Å². The van der Waals surface area contributed by atoms with Crippen LogP contribution < -0.4 is 10.2 Å². The van der Waals surface area contributed by atoms with Gasteiger partial charge in [0.1, 0.15) is 0 Å². The lowest BCUT2D eigenvalue weighted by Gasteiger charge is -2.09. The molecule has 0 saturated carbocycles. The van der Waals surface area contributed by atoms with E-state index in [1.165, 1.54) is 25.2 Å². The average Bonchev–Trinajstić information content (AvgIpc) is 2.56. The van der Waals surface area contributed by atoms with Crippen LogP contribution in [0.2, 0.25) is 0 Å². The number of hydrogen-bond acceptors (Lipinski definition) is 4. The topological polar surface area (TPSA) is 84.5 Å². The van der Waals surface area contributed by atoms with Gasteiger partial charge in [0.25, 0.3) is 5.91 Å². The zero-order valence-electron chi connectivity index (χ0n) is 12.2. The van der Waals surface area contributed by atoms with Crippen molar-refractivity contribution in [2.75, 3.05) is 7.05 Å². The van der Waals surface area contributed by atoms with E-state index in [0.717, 1.165) is 5.56 Å². The average molecular weight is 399 g/mol. The van der Waals surface area contributed by atoms with Gasteiger partial charge in [-0.3, -0.25) is 9.63 Å². The van der Waals surface area contributed by atoms with Crippen molar-refractivity contribution < 1.29 is 18.0 Å². The van der Waals surface area contributed by atoms with Crippen LogP contribution in [-0.4, -0.2) is 21.4 Å². The first kappa shape index (κ1) is 17.6. The van der Waals surface area contributed by atoms with Crippen LogP contribution in [0.25, 0.3) is 0 Å². The highest BCUT2D eigenvalue weighted by Crippen LogP contribution is 2.21. The monoisotopic (exact) mass is 398 g/mol. The van der Waals surface area contributed by atoms with Crippen molar-refractivity contribution in [1.29, 1.82) is 0 Å². The van der Waals surface area contributed by atoms with Gasteiger partial charge in [0.15, 0.2) is 0 Å². The maximum absolute atomic E-state index is 12.1. The summed E-state index contributed by atoms with van der Waals surface area (Å²) in [6.07, 6.45) is 0. The Hall–Kier alpha value is -1.74. The van der Waals surface area contributed by atoms with Gasteiger partial charge in [-0.2, -0.15) is 0 Å². The van der Waals surface area contributed by atoms with E-state index in [1.807, 2.05) is 30.3 Å². The molecule has 0 atom stereocenters. The van der Waals surface area contributed by atoms with Crippen molar-refractivity contribution in [2.24, 2.45) is 0 Å². The van der Waals surface area contributed by atoms with E-state index in [9.17, 15) is 13.2 Å². The summed E-state index contributed by atoms with van der Waals surface area (Å²) in [6.45, 7) is 0.207. The molecule has 8 heteroatoms. The zero-order chi connectivity index (χ0) is 16.9. The van der Waals surface area contributed by atoms with Crippen LogP contribution in [0.1, 0.15) is 15.9 Å². The summed E-state index contributed by atoms with van der Waals surface area (Å²) in [5, 5.41) is 0. The number of halogens is 1. The molecule has 2 aromatic rings. The zero-order valence-corrected chi connectivity index (χ0v) is 14.6. The molecule has 0 spiro atoms. The molecule has 0 unspecified atom stereocenters. The van der Waals surface area contributed by atoms with E-state index in [1.54, 1.807) is 0 Å². The molecule has 2 N–H and O–H groups in total. The Bertz CT molecular complexity index is 794. The third-order valence-electron chi connectivity index (χ3n) is 3.01. The fraction of sp³-hybridized carbons (Fsp3) is 0.133. The Morgan fingerprint density at radius 2 is 1.87 bits per heavy atom. The number of amides is 1. The Kier molecular flexibility index (Phi) is 5.89. The van der Waals surface area contributed by atoms with Gasteiger partial charge in [-0.25, -0.2) is 18.6 Å². The van der Waals surface area contributed by atoms with Crippen LogP contribution in [0.15, 0.2) is 57.9 Å². The summed E-state index contributed by atoms with van der Waals surface area (Å²) in [5.74, 6) is -0.541. The molecule has 23 heavy (non-hydrogen) atoms. The summed E-state index contributed by atoms with van der Waals surface area (Å²) in [7, 11) is -2.32. The highest BCUT2D eigenvalue weighted by molar-refractivity contribution is 9.10. The number of hydroxylamine groups is 1. The molecule has 1 amide bonds. The van der Waals surface area contributed by atoms with Gasteiger partial charge in [0.2, 0.25) is 10.0 Å². The van der Waals surface area contributed by atoms with Crippen LogP contribution >= 0.6 is 15.9 Å². The quantitative estimate of drug-likeness (QED) is 0.730. The number of hydrogen-bond donors (Lipinski definition) is 2. The van der Waals surface area contributed by atoms with E-state index in [-0.39, 0.29) is 17.1 Å². The molecule has 6 nitrogen and oxygen atoms in total. The Morgan fingerprint density at radius 1 is 1.17 bits per heavy atom. The molecule has 0 bridgehead atoms. The SMILES string of the molecule is CNS(=O)(=O)c1ccc(Br)c(C(=O)NOCc2ccccc2)c1. The van der Waals surface area contributed by atoms with Crippen molar-refractivity contribution in [3.05, 3.63) is 64.1 Å². The second-order valence-electron chi connectivity index (χ2n) is 4.55. The first-order valence-corrected chi connectivity index (χ1v) is 8.91. The van der Waals surface area contributed by atoms with Crippen molar-refractivity contribution in [2.45, 2.75) is 11.5 Å². The summed E-state index contributed by atoms with van der Waals surface area (Å²) >= 11 is 3.22. The third kappa shape index (κ3) is 4.61. The fourth-order valence-electron chi connectivity index (χ4n) is 1.78. The van der Waals surface area contributed by atoms with Gasteiger partial charge >= 0.3 is 0 Å². The van der Waals surface area contributed by atoms with Crippen molar-refractivity contribution in [3.63, 3.8) is 0 Å². The fourth-order valence-corrected chi connectivity index (χ4v) is 2.96. The number of carbonyl (C=O) groups is 1. The van der Waals surface area contributed by atoms with Gasteiger partial charge in [-0.15, -0.1) is 0 Å². The van der Waals surface area contributed by atoms with E-state index in [2.05, 4.69) is 26.1 Å². The summed E-state index contributed by atoms with van der Waals surface area (Å²) in [6, 6.07) is 13.5. The maximum Gasteiger partial charge on any atom is 0.276 e. The lowest BCUT2D eigenvalue weighted by atomic mass is 10.2. The largest absolute Gasteiger partial charge is 0.276 e. The van der Waals surface area contributed by atoms with Gasteiger partial charge in [-0.1, -0.05) is 30.3 Å². The van der Waals surface area contributed by atoms with Crippen LogP contribution in [0.4, 0.5) is 0 Å². The predicted molar refractivity (Wildman–Crippen MR) is 89.1 cm³/mol. The molecule has 0 aliphatic heterocycles. The molecule has 0 fully saturated rings. The molecule has 2 rings (SSSR count). The van der Waals surface area contributed by atoms with Crippen molar-refractivity contribution in [3.8, 4) is 0 Å². The Morgan fingerprint density at radius 3 is 2.52 bits per heavy atom. The molecule has 0 radical (unpaired) electrons. The highest BCUT2D eigenvalue weighted by Gasteiger charge is 2.17. The number of nitrogens with one attached hydrogen (secondary N) is 2. The van der Waals surface area contributed by atoms with E-state index in [0.29, 0.717) is 4.47 Å². The standard InChI is InChI=1S/C15H15BrN2O4S/c1-17-23(20,21)12-7-8-14(16)13(9-12)15(19)18-22-10-11-5-3-2-4-6-11/h2-9,17H,10H2,1H3,(H,18,19). The van der Waals surface area contributed by atoms with Gasteiger partial charge in [0.05, 0.1) is 17.1 Å².